The quantitative estimate of drug-likeness (QED) is 0.244. The van der Waals surface area contributed by atoms with Gasteiger partial charge in [-0.25, -0.2) is 14.6 Å². The van der Waals surface area contributed by atoms with Gasteiger partial charge in [0.1, 0.15) is 16.6 Å². The van der Waals surface area contributed by atoms with E-state index in [9.17, 15) is 14.4 Å². The maximum absolute atomic E-state index is 12.8. The summed E-state index contributed by atoms with van der Waals surface area (Å²) in [5.74, 6) is -0.342. The molecule has 0 atom stereocenters. The lowest BCUT2D eigenvalue weighted by Crippen LogP contribution is -2.21. The van der Waals surface area contributed by atoms with Crippen LogP contribution < -0.4 is 10.1 Å². The molecule has 9 nitrogen and oxygen atoms in total. The normalized spacial score (nSPS) is 11.9. The van der Waals surface area contributed by atoms with Crippen LogP contribution in [0.5, 0.6) is 5.75 Å². The van der Waals surface area contributed by atoms with Crippen molar-refractivity contribution in [2.75, 3.05) is 26.1 Å². The lowest BCUT2D eigenvalue weighted by molar-refractivity contribution is -0.119. The summed E-state index contributed by atoms with van der Waals surface area (Å²) in [6.45, 7) is -0.517. The number of imidazole rings is 1. The largest absolute Gasteiger partial charge is 0.497 e. The van der Waals surface area contributed by atoms with E-state index in [1.165, 1.54) is 24.0 Å². The predicted molar refractivity (Wildman–Crippen MR) is 155 cm³/mol. The number of nitrogens with zero attached hydrogens (tertiary/aromatic N) is 1. The van der Waals surface area contributed by atoms with Crippen LogP contribution in [0.2, 0.25) is 0 Å². The molecule has 10 heteroatoms. The van der Waals surface area contributed by atoms with E-state index < -0.39 is 24.5 Å². The number of H-pyrrole nitrogens is 1. The fourth-order valence-corrected chi connectivity index (χ4v) is 6.26. The summed E-state index contributed by atoms with van der Waals surface area (Å²) in [4.78, 5) is 47.0. The first kappa shape index (κ1) is 26.3. The topological polar surface area (TPSA) is 120 Å². The third kappa shape index (κ3) is 5.05. The Bertz CT molecular complexity index is 1800. The van der Waals surface area contributed by atoms with E-state index in [0.717, 1.165) is 33.7 Å². The number of nitrogens with one attached hydrogen (secondary N) is 2. The van der Waals surface area contributed by atoms with Gasteiger partial charge in [-0.3, -0.25) is 4.79 Å². The number of amides is 1. The van der Waals surface area contributed by atoms with Crippen LogP contribution in [0, 0.1) is 0 Å². The highest BCUT2D eigenvalue weighted by Gasteiger charge is 2.29. The number of carbonyl (C=O) groups excluding carboxylic acids is 3. The number of hydrogen-bond donors (Lipinski definition) is 2. The Labute approximate surface area is 239 Å². The lowest BCUT2D eigenvalue weighted by atomic mass is 9.89. The molecule has 206 valence electrons. The summed E-state index contributed by atoms with van der Waals surface area (Å²) in [6.07, 6.45) is 1.45. The number of ether oxygens (including phenoxy) is 3. The van der Waals surface area contributed by atoms with E-state index in [2.05, 4.69) is 21.4 Å². The number of carbonyl (C=O) groups is 3. The van der Waals surface area contributed by atoms with Gasteiger partial charge in [0.25, 0.3) is 5.91 Å². The maximum Gasteiger partial charge on any atom is 0.341 e. The Kier molecular flexibility index (Phi) is 6.98. The minimum atomic E-state index is -0.657. The van der Waals surface area contributed by atoms with Crippen molar-refractivity contribution in [2.24, 2.45) is 0 Å². The van der Waals surface area contributed by atoms with Crippen LogP contribution in [0.4, 0.5) is 5.00 Å². The number of esters is 2. The Morgan fingerprint density at radius 3 is 2.56 bits per heavy atom. The molecule has 2 aromatic heterocycles. The van der Waals surface area contributed by atoms with Crippen molar-refractivity contribution >= 4 is 45.2 Å². The first-order valence-electron chi connectivity index (χ1n) is 12.9. The van der Waals surface area contributed by atoms with Gasteiger partial charge in [-0.1, -0.05) is 24.3 Å². The van der Waals surface area contributed by atoms with Gasteiger partial charge < -0.3 is 24.5 Å². The summed E-state index contributed by atoms with van der Waals surface area (Å²) >= 11 is 1.32. The second-order valence-corrected chi connectivity index (χ2v) is 10.5. The van der Waals surface area contributed by atoms with Crippen LogP contribution in [-0.2, 0) is 27.1 Å². The number of aromatic amines is 1. The molecular weight excluding hydrogens is 542 g/mol. The van der Waals surface area contributed by atoms with Crippen LogP contribution in [0.15, 0.2) is 66.7 Å². The number of fused-ring (bicyclic) bond motifs is 4. The maximum atomic E-state index is 12.8. The molecule has 1 amide bonds. The van der Waals surface area contributed by atoms with Gasteiger partial charge in [0.2, 0.25) is 0 Å². The zero-order valence-corrected chi connectivity index (χ0v) is 23.1. The zero-order valence-electron chi connectivity index (χ0n) is 22.3. The van der Waals surface area contributed by atoms with Crippen molar-refractivity contribution in [3.05, 3.63) is 89.0 Å². The molecule has 2 N–H and O–H groups in total. The van der Waals surface area contributed by atoms with Crippen LogP contribution in [-0.4, -0.2) is 48.6 Å². The molecule has 0 bridgehead atoms. The molecule has 0 saturated carbocycles. The average Bonchev–Trinajstić information content (AvgIpc) is 3.60. The van der Waals surface area contributed by atoms with Crippen molar-refractivity contribution in [3.8, 4) is 27.6 Å². The molecule has 0 unspecified atom stereocenters. The van der Waals surface area contributed by atoms with Crippen LogP contribution in [0.3, 0.4) is 0 Å². The number of thiophene rings is 1. The van der Waals surface area contributed by atoms with E-state index in [1.54, 1.807) is 25.3 Å². The second-order valence-electron chi connectivity index (χ2n) is 9.43. The molecular formula is C31H25N3O6S. The Balaban J connectivity index is 1.16. The number of aromatic nitrogens is 2. The monoisotopic (exact) mass is 567 g/mol. The number of methoxy groups -OCH3 is 2. The van der Waals surface area contributed by atoms with E-state index in [1.807, 2.05) is 42.5 Å². The van der Waals surface area contributed by atoms with Gasteiger partial charge in [-0.2, -0.15) is 0 Å². The van der Waals surface area contributed by atoms with Crippen molar-refractivity contribution in [1.29, 1.82) is 0 Å². The van der Waals surface area contributed by atoms with E-state index in [4.69, 9.17) is 14.2 Å². The van der Waals surface area contributed by atoms with Gasteiger partial charge >= 0.3 is 11.9 Å². The third-order valence-corrected chi connectivity index (χ3v) is 8.15. The molecule has 1 aliphatic carbocycles. The molecule has 0 spiro atoms. The molecule has 3 aromatic carbocycles. The number of anilines is 1. The van der Waals surface area contributed by atoms with Gasteiger partial charge in [-0.05, 0) is 72.0 Å². The van der Waals surface area contributed by atoms with Crippen LogP contribution >= 0.6 is 11.3 Å². The standard InChI is InChI=1S/C31H25N3O6S/c1-38-20-11-7-18(8-12-20)28-32-23-14-10-19(15-24(23)33-28)30(36)40-16-25(35)34-29-26(31(37)39-2)22-13-9-17-5-3-4-6-21(17)27(22)41-29/h3-8,10-12,14-15H,9,13,16H2,1-2H3,(H,32,33)(H,34,35). The van der Waals surface area contributed by atoms with Crippen molar-refractivity contribution in [3.63, 3.8) is 0 Å². The number of benzene rings is 3. The summed E-state index contributed by atoms with van der Waals surface area (Å²) in [6, 6.07) is 20.4. The highest BCUT2D eigenvalue weighted by molar-refractivity contribution is 7.20. The van der Waals surface area contributed by atoms with Crippen molar-refractivity contribution in [1.82, 2.24) is 9.97 Å². The van der Waals surface area contributed by atoms with Gasteiger partial charge in [0.15, 0.2) is 6.61 Å². The SMILES string of the molecule is COC(=O)c1c(NC(=O)COC(=O)c2ccc3nc(-c4ccc(OC)cc4)[nH]c3c2)sc2c1CCc1ccccc1-2. The van der Waals surface area contributed by atoms with E-state index >= 15 is 0 Å². The smallest absolute Gasteiger partial charge is 0.341 e. The van der Waals surface area contributed by atoms with E-state index in [0.29, 0.717) is 33.8 Å². The van der Waals surface area contributed by atoms with Gasteiger partial charge in [0.05, 0.1) is 36.4 Å². The third-order valence-electron chi connectivity index (χ3n) is 6.97. The Morgan fingerprint density at radius 1 is 0.976 bits per heavy atom. The second kappa shape index (κ2) is 10.9. The molecule has 2 heterocycles. The molecule has 0 fully saturated rings. The number of hydrogen-bond acceptors (Lipinski definition) is 8. The molecule has 0 radical (unpaired) electrons. The first-order chi connectivity index (χ1) is 19.9. The van der Waals surface area contributed by atoms with Gasteiger partial charge in [-0.15, -0.1) is 11.3 Å². The van der Waals surface area contributed by atoms with E-state index in [-0.39, 0.29) is 5.56 Å². The van der Waals surface area contributed by atoms with Crippen LogP contribution in [0.1, 0.15) is 31.8 Å². The molecule has 0 saturated heterocycles. The summed E-state index contributed by atoms with van der Waals surface area (Å²) in [5, 5.41) is 3.14. The zero-order chi connectivity index (χ0) is 28.5. The predicted octanol–water partition coefficient (Wildman–Crippen LogP) is 5.65. The number of aryl methyl sites for hydroxylation is 1. The molecule has 0 aliphatic heterocycles. The summed E-state index contributed by atoms with van der Waals surface area (Å²) < 4.78 is 15.5. The molecule has 5 aromatic rings. The van der Waals surface area contributed by atoms with Gasteiger partial charge in [0, 0.05) is 10.4 Å². The minimum Gasteiger partial charge on any atom is -0.497 e. The average molecular weight is 568 g/mol. The first-order valence-corrected chi connectivity index (χ1v) is 13.7. The molecule has 41 heavy (non-hydrogen) atoms. The van der Waals surface area contributed by atoms with Crippen molar-refractivity contribution < 1.29 is 28.6 Å². The minimum absolute atomic E-state index is 0.272. The van der Waals surface area contributed by atoms with Crippen molar-refractivity contribution in [2.45, 2.75) is 12.8 Å². The highest BCUT2D eigenvalue weighted by Crippen LogP contribution is 2.45. The highest BCUT2D eigenvalue weighted by atomic mass is 32.1. The fraction of sp³-hybridized carbons (Fsp3) is 0.161. The lowest BCUT2D eigenvalue weighted by Gasteiger charge is -2.16. The summed E-state index contributed by atoms with van der Waals surface area (Å²) in [7, 11) is 2.92. The Hall–Kier alpha value is -4.96. The van der Waals surface area contributed by atoms with Crippen LogP contribution in [0.25, 0.3) is 32.9 Å². The fourth-order valence-electron chi connectivity index (χ4n) is 4.95. The summed E-state index contributed by atoms with van der Waals surface area (Å²) in [5.41, 5.74) is 5.91. The molecule has 6 rings (SSSR count). The molecule has 1 aliphatic rings. The Morgan fingerprint density at radius 2 is 1.78 bits per heavy atom. The number of rotatable bonds is 7.